The lowest BCUT2D eigenvalue weighted by atomic mass is 9.96. The third-order valence-electron chi connectivity index (χ3n) is 2.71. The summed E-state index contributed by atoms with van der Waals surface area (Å²) in [6, 6.07) is -0.453. The first-order valence-electron chi connectivity index (χ1n) is 5.18. The molecule has 0 bridgehead atoms. The minimum atomic E-state index is -0.453. The van der Waals surface area contributed by atoms with E-state index in [1.807, 2.05) is 6.92 Å². The second kappa shape index (κ2) is 3.99. The van der Waals surface area contributed by atoms with E-state index in [9.17, 15) is 9.59 Å². The van der Waals surface area contributed by atoms with Crippen LogP contribution < -0.4 is 0 Å². The fraction of sp³-hybridized carbons (Fsp3) is 0.667. The van der Waals surface area contributed by atoms with Crippen molar-refractivity contribution in [3.63, 3.8) is 0 Å². The third kappa shape index (κ3) is 1.80. The van der Waals surface area contributed by atoms with E-state index in [0.29, 0.717) is 18.7 Å². The highest BCUT2D eigenvalue weighted by atomic mass is 16.2. The van der Waals surface area contributed by atoms with Gasteiger partial charge in [-0.2, -0.15) is 5.21 Å². The molecule has 1 unspecified atom stereocenters. The molecule has 1 aliphatic heterocycles. The second-order valence-electron chi connectivity index (χ2n) is 4.12. The normalized spacial score (nSPS) is 20.2. The molecule has 86 valence electrons. The molecule has 0 spiro atoms. The number of tetrazole rings is 1. The molecule has 0 aromatic carbocycles. The van der Waals surface area contributed by atoms with Crippen molar-refractivity contribution in [3.8, 4) is 0 Å². The van der Waals surface area contributed by atoms with Gasteiger partial charge in [0.05, 0.1) is 0 Å². The number of nitrogens with zero attached hydrogens (tertiary/aromatic N) is 4. The lowest BCUT2D eigenvalue weighted by molar-refractivity contribution is -0.152. The summed E-state index contributed by atoms with van der Waals surface area (Å²) in [5, 5.41) is 13.3. The average Bonchev–Trinajstić information content (AvgIpc) is 2.67. The molecule has 2 amide bonds. The third-order valence-corrected chi connectivity index (χ3v) is 2.71. The minimum absolute atomic E-state index is 0.119. The molecule has 16 heavy (non-hydrogen) atoms. The monoisotopic (exact) mass is 223 g/mol. The predicted molar refractivity (Wildman–Crippen MR) is 52.8 cm³/mol. The van der Waals surface area contributed by atoms with E-state index in [1.54, 1.807) is 6.92 Å². The van der Waals surface area contributed by atoms with Crippen LogP contribution in [0.1, 0.15) is 38.6 Å². The molecule has 0 saturated carbocycles. The van der Waals surface area contributed by atoms with E-state index in [0.717, 1.165) is 0 Å². The maximum Gasteiger partial charge on any atom is 0.230 e. The van der Waals surface area contributed by atoms with Crippen molar-refractivity contribution in [1.82, 2.24) is 25.5 Å². The van der Waals surface area contributed by atoms with Crippen molar-refractivity contribution in [1.29, 1.82) is 0 Å². The maximum atomic E-state index is 11.8. The Balaban J connectivity index is 2.20. The number of hydrogen-bond donors (Lipinski definition) is 1. The maximum absolute atomic E-state index is 11.8. The molecule has 1 aromatic heterocycles. The van der Waals surface area contributed by atoms with Crippen molar-refractivity contribution >= 4 is 11.8 Å². The molecular weight excluding hydrogens is 210 g/mol. The number of likely N-dealkylation sites (tertiary alicyclic amines) is 1. The molecular formula is C9H13N5O2. The molecule has 1 saturated heterocycles. The zero-order chi connectivity index (χ0) is 11.7. The summed E-state index contributed by atoms with van der Waals surface area (Å²) in [7, 11) is 0. The molecule has 0 radical (unpaired) electrons. The molecule has 1 N–H and O–H groups in total. The molecule has 1 fully saturated rings. The molecule has 2 rings (SSSR count). The van der Waals surface area contributed by atoms with Crippen LogP contribution in [0.15, 0.2) is 0 Å². The Hall–Kier alpha value is -1.79. The van der Waals surface area contributed by atoms with E-state index in [1.165, 1.54) is 4.90 Å². The number of H-pyrrole nitrogens is 1. The lowest BCUT2D eigenvalue weighted by Crippen LogP contribution is -2.44. The average molecular weight is 223 g/mol. The smallest absolute Gasteiger partial charge is 0.230 e. The van der Waals surface area contributed by atoms with Crippen LogP contribution in [0.25, 0.3) is 0 Å². The van der Waals surface area contributed by atoms with Crippen molar-refractivity contribution in [3.05, 3.63) is 5.82 Å². The molecule has 7 nitrogen and oxygen atoms in total. The number of carbonyl (C=O) groups is 2. The largest absolute Gasteiger partial charge is 0.274 e. The summed E-state index contributed by atoms with van der Waals surface area (Å²) in [5.41, 5.74) is 0. The molecule has 7 heteroatoms. The van der Waals surface area contributed by atoms with Crippen molar-refractivity contribution in [2.24, 2.45) is 5.92 Å². The molecule has 2 heterocycles. The van der Waals surface area contributed by atoms with Crippen LogP contribution in [0.3, 0.4) is 0 Å². The fourth-order valence-electron chi connectivity index (χ4n) is 1.90. The summed E-state index contributed by atoms with van der Waals surface area (Å²) in [6.45, 7) is 3.61. The highest BCUT2D eigenvalue weighted by Gasteiger charge is 2.35. The molecule has 0 aliphatic carbocycles. The number of hydrogen-bond acceptors (Lipinski definition) is 5. The lowest BCUT2D eigenvalue weighted by Gasteiger charge is -2.31. The van der Waals surface area contributed by atoms with Crippen molar-refractivity contribution in [2.75, 3.05) is 0 Å². The predicted octanol–water partition coefficient (Wildman–Crippen LogP) is 0.0458. The highest BCUT2D eigenvalue weighted by molar-refractivity contribution is 5.98. The van der Waals surface area contributed by atoms with Gasteiger partial charge in [-0.1, -0.05) is 12.1 Å². The fourth-order valence-corrected chi connectivity index (χ4v) is 1.90. The molecule has 1 aliphatic rings. The minimum Gasteiger partial charge on any atom is -0.274 e. The van der Waals surface area contributed by atoms with Gasteiger partial charge in [0.15, 0.2) is 5.82 Å². The van der Waals surface area contributed by atoms with Crippen LogP contribution in [-0.4, -0.2) is 37.3 Å². The standard InChI is InChI=1S/C9H13N5O2/c1-5-3-7(15)14(8(16)4-5)6(2)9-10-12-13-11-9/h5-6H,3-4H2,1-2H3,(H,10,11,12,13). The number of nitrogens with one attached hydrogen (secondary N) is 1. The van der Waals surface area contributed by atoms with Gasteiger partial charge >= 0.3 is 0 Å². The second-order valence-corrected chi connectivity index (χ2v) is 4.12. The van der Waals surface area contributed by atoms with Crippen LogP contribution in [0.2, 0.25) is 0 Å². The van der Waals surface area contributed by atoms with Crippen molar-refractivity contribution in [2.45, 2.75) is 32.7 Å². The summed E-state index contributed by atoms with van der Waals surface area (Å²) in [4.78, 5) is 24.8. The summed E-state index contributed by atoms with van der Waals surface area (Å²) >= 11 is 0. The van der Waals surface area contributed by atoms with Gasteiger partial charge < -0.3 is 0 Å². The molecule has 1 atom stereocenters. The summed E-state index contributed by atoms with van der Waals surface area (Å²) < 4.78 is 0. The number of piperidine rings is 1. The van der Waals surface area contributed by atoms with Crippen LogP contribution in [0.5, 0.6) is 0 Å². The summed E-state index contributed by atoms with van der Waals surface area (Å²) in [6.07, 6.45) is 0.794. The Morgan fingerprint density at radius 3 is 2.50 bits per heavy atom. The number of imide groups is 1. The van der Waals surface area contributed by atoms with Crippen LogP contribution >= 0.6 is 0 Å². The number of rotatable bonds is 2. The Labute approximate surface area is 92.2 Å². The van der Waals surface area contributed by atoms with E-state index in [2.05, 4.69) is 20.6 Å². The SMILES string of the molecule is CC1CC(=O)N(C(C)c2nn[nH]n2)C(=O)C1. The van der Waals surface area contributed by atoms with Gasteiger partial charge in [-0.3, -0.25) is 14.5 Å². The van der Waals surface area contributed by atoms with Gasteiger partial charge in [0.2, 0.25) is 11.8 Å². The topological polar surface area (TPSA) is 91.8 Å². The quantitative estimate of drug-likeness (QED) is 0.715. The first-order valence-corrected chi connectivity index (χ1v) is 5.18. The van der Waals surface area contributed by atoms with E-state index >= 15 is 0 Å². The zero-order valence-corrected chi connectivity index (χ0v) is 9.17. The summed E-state index contributed by atoms with van der Waals surface area (Å²) in [5.74, 6) is 0.145. The zero-order valence-electron chi connectivity index (χ0n) is 9.17. The number of carbonyl (C=O) groups excluding carboxylic acids is 2. The number of aromatic amines is 1. The van der Waals surface area contributed by atoms with Crippen LogP contribution in [0, 0.1) is 5.92 Å². The van der Waals surface area contributed by atoms with Crippen LogP contribution in [0.4, 0.5) is 0 Å². The Morgan fingerprint density at radius 1 is 1.38 bits per heavy atom. The first-order chi connectivity index (χ1) is 7.59. The number of amides is 2. The van der Waals surface area contributed by atoms with E-state index in [-0.39, 0.29) is 17.7 Å². The van der Waals surface area contributed by atoms with E-state index in [4.69, 9.17) is 0 Å². The Kier molecular flexibility index (Phi) is 2.67. The van der Waals surface area contributed by atoms with Gasteiger partial charge in [0.25, 0.3) is 0 Å². The van der Waals surface area contributed by atoms with Gasteiger partial charge in [-0.15, -0.1) is 10.2 Å². The molecule has 1 aromatic rings. The van der Waals surface area contributed by atoms with Crippen molar-refractivity contribution < 1.29 is 9.59 Å². The first kappa shape index (κ1) is 10.7. The van der Waals surface area contributed by atoms with Gasteiger partial charge in [0, 0.05) is 12.8 Å². The van der Waals surface area contributed by atoms with Gasteiger partial charge in [-0.25, -0.2) is 0 Å². The Bertz CT molecular complexity index is 384. The van der Waals surface area contributed by atoms with E-state index < -0.39 is 6.04 Å². The van der Waals surface area contributed by atoms with Gasteiger partial charge in [0.1, 0.15) is 6.04 Å². The van der Waals surface area contributed by atoms with Crippen LogP contribution in [-0.2, 0) is 9.59 Å². The highest BCUT2D eigenvalue weighted by Crippen LogP contribution is 2.26. The van der Waals surface area contributed by atoms with Gasteiger partial charge in [-0.05, 0) is 12.8 Å². The Morgan fingerprint density at radius 2 is 2.00 bits per heavy atom. The number of aromatic nitrogens is 4.